The van der Waals surface area contributed by atoms with Crippen molar-refractivity contribution in [3.8, 4) is 0 Å². The summed E-state index contributed by atoms with van der Waals surface area (Å²) in [5.41, 5.74) is 3.01. The zero-order chi connectivity index (χ0) is 17.1. The minimum atomic E-state index is -0.352. The minimum absolute atomic E-state index is 0.320. The molecule has 0 spiro atoms. The first-order chi connectivity index (χ1) is 11.5. The van der Waals surface area contributed by atoms with Crippen LogP contribution in [0, 0.1) is 5.82 Å². The van der Waals surface area contributed by atoms with Crippen molar-refractivity contribution in [1.82, 2.24) is 4.98 Å². The third kappa shape index (κ3) is 3.44. The molecule has 1 heterocycles. The molecule has 1 aromatic heterocycles. The number of fused-ring (bicyclic) bond motifs is 1. The van der Waals surface area contributed by atoms with Gasteiger partial charge in [-0.25, -0.2) is 4.39 Å². The highest BCUT2D eigenvalue weighted by Gasteiger charge is 2.07. The Kier molecular flexibility index (Phi) is 4.57. The van der Waals surface area contributed by atoms with Gasteiger partial charge < -0.3 is 15.5 Å². The molecule has 0 amide bonds. The Morgan fingerprint density at radius 1 is 1.04 bits per heavy atom. The van der Waals surface area contributed by atoms with Crippen molar-refractivity contribution >= 4 is 45.3 Å². The highest BCUT2D eigenvalue weighted by atomic mass is 32.1. The molecule has 0 aliphatic carbocycles. The number of benzene rings is 2. The van der Waals surface area contributed by atoms with Gasteiger partial charge in [-0.05, 0) is 48.6 Å². The summed E-state index contributed by atoms with van der Waals surface area (Å²) in [6.45, 7) is 0. The Morgan fingerprint density at radius 2 is 1.79 bits per heavy atom. The Hall–Kier alpha value is -2.73. The van der Waals surface area contributed by atoms with Crippen molar-refractivity contribution in [3.63, 3.8) is 0 Å². The number of rotatable bonds is 3. The molecule has 0 atom stereocenters. The van der Waals surface area contributed by atoms with E-state index in [9.17, 15) is 4.39 Å². The van der Waals surface area contributed by atoms with Crippen LogP contribution in [0.2, 0.25) is 0 Å². The first kappa shape index (κ1) is 16.1. The first-order valence-electron chi connectivity index (χ1n) is 7.43. The average Bonchev–Trinajstić information content (AvgIpc) is 2.56. The smallest absolute Gasteiger partial charge is 0.175 e. The largest absolute Gasteiger partial charge is 0.378 e. The van der Waals surface area contributed by atoms with Gasteiger partial charge in [0.25, 0.3) is 0 Å². The highest BCUT2D eigenvalue weighted by Crippen LogP contribution is 2.23. The Balaban J connectivity index is 1.77. The molecule has 24 heavy (non-hydrogen) atoms. The number of aromatic nitrogens is 1. The molecule has 0 fully saturated rings. The van der Waals surface area contributed by atoms with Gasteiger partial charge in [0.2, 0.25) is 0 Å². The molecule has 0 aliphatic rings. The van der Waals surface area contributed by atoms with Crippen LogP contribution in [0.4, 0.5) is 21.5 Å². The van der Waals surface area contributed by atoms with E-state index in [4.69, 9.17) is 12.2 Å². The van der Waals surface area contributed by atoms with Gasteiger partial charge in [0.1, 0.15) is 11.3 Å². The third-order valence-electron chi connectivity index (χ3n) is 3.61. The molecule has 0 saturated carbocycles. The first-order valence-corrected chi connectivity index (χ1v) is 7.84. The SMILES string of the molecule is CN(C)c1ccc(NC(=S)Nc2ccnc3c(F)cccc23)cc1. The number of hydrogen-bond donors (Lipinski definition) is 2. The van der Waals surface area contributed by atoms with Crippen molar-refractivity contribution in [3.05, 3.63) is 60.5 Å². The van der Waals surface area contributed by atoms with Gasteiger partial charge in [0, 0.05) is 37.1 Å². The summed E-state index contributed by atoms with van der Waals surface area (Å²) in [7, 11) is 3.98. The fraction of sp³-hybridized carbons (Fsp3) is 0.111. The van der Waals surface area contributed by atoms with E-state index < -0.39 is 0 Å². The van der Waals surface area contributed by atoms with Gasteiger partial charge in [-0.3, -0.25) is 4.98 Å². The molecule has 4 nitrogen and oxygen atoms in total. The number of nitrogens with zero attached hydrogens (tertiary/aromatic N) is 2. The van der Waals surface area contributed by atoms with E-state index >= 15 is 0 Å². The van der Waals surface area contributed by atoms with Gasteiger partial charge in [-0.2, -0.15) is 0 Å². The van der Waals surface area contributed by atoms with Gasteiger partial charge in [0.05, 0.1) is 5.69 Å². The standard InChI is InChI=1S/C18H17FN4S/c1-23(2)13-8-6-12(7-9-13)21-18(24)22-16-10-11-20-17-14(16)4-3-5-15(17)19/h3-11H,1-2H3,(H2,20,21,22,24). The highest BCUT2D eigenvalue weighted by molar-refractivity contribution is 7.80. The van der Waals surface area contributed by atoms with Crippen LogP contribution in [0.3, 0.4) is 0 Å². The van der Waals surface area contributed by atoms with Crippen molar-refractivity contribution < 1.29 is 4.39 Å². The number of para-hydroxylation sites is 1. The molecule has 0 aliphatic heterocycles. The van der Waals surface area contributed by atoms with E-state index in [0.717, 1.165) is 11.4 Å². The lowest BCUT2D eigenvalue weighted by molar-refractivity contribution is 0.637. The van der Waals surface area contributed by atoms with E-state index in [1.165, 1.54) is 6.07 Å². The van der Waals surface area contributed by atoms with Gasteiger partial charge in [-0.1, -0.05) is 12.1 Å². The predicted molar refractivity (Wildman–Crippen MR) is 102 cm³/mol. The molecular weight excluding hydrogens is 323 g/mol. The molecule has 0 unspecified atom stereocenters. The molecule has 0 saturated heterocycles. The second-order valence-electron chi connectivity index (χ2n) is 5.51. The summed E-state index contributed by atoms with van der Waals surface area (Å²) in [4.78, 5) is 6.10. The Morgan fingerprint density at radius 3 is 2.50 bits per heavy atom. The summed E-state index contributed by atoms with van der Waals surface area (Å²) in [6, 6.07) is 14.5. The lowest BCUT2D eigenvalue weighted by atomic mass is 10.2. The third-order valence-corrected chi connectivity index (χ3v) is 3.82. The number of thiocarbonyl (C=S) groups is 1. The van der Waals surface area contributed by atoms with Crippen LogP contribution in [0.25, 0.3) is 10.9 Å². The van der Waals surface area contributed by atoms with Crippen molar-refractivity contribution in [1.29, 1.82) is 0 Å². The van der Waals surface area contributed by atoms with Crippen molar-refractivity contribution in [2.45, 2.75) is 0 Å². The van der Waals surface area contributed by atoms with Crippen LogP contribution in [-0.2, 0) is 0 Å². The number of pyridine rings is 1. The maximum Gasteiger partial charge on any atom is 0.175 e. The zero-order valence-electron chi connectivity index (χ0n) is 13.4. The average molecular weight is 340 g/mol. The van der Waals surface area contributed by atoms with Crippen LogP contribution in [0.5, 0.6) is 0 Å². The molecule has 0 bridgehead atoms. The maximum atomic E-state index is 13.8. The monoisotopic (exact) mass is 340 g/mol. The number of anilines is 3. The topological polar surface area (TPSA) is 40.2 Å². The summed E-state index contributed by atoms with van der Waals surface area (Å²) >= 11 is 5.35. The van der Waals surface area contributed by atoms with E-state index in [1.54, 1.807) is 18.3 Å². The normalized spacial score (nSPS) is 10.5. The fourth-order valence-corrected chi connectivity index (χ4v) is 2.60. The summed E-state index contributed by atoms with van der Waals surface area (Å²) < 4.78 is 13.8. The Bertz CT molecular complexity index is 878. The van der Waals surface area contributed by atoms with Crippen molar-refractivity contribution in [2.24, 2.45) is 0 Å². The number of nitrogens with one attached hydrogen (secondary N) is 2. The van der Waals surface area contributed by atoms with Crippen LogP contribution < -0.4 is 15.5 Å². The van der Waals surface area contributed by atoms with E-state index in [-0.39, 0.29) is 5.82 Å². The van der Waals surface area contributed by atoms with Crippen molar-refractivity contribution in [2.75, 3.05) is 29.6 Å². The molecule has 0 radical (unpaired) electrons. The molecule has 3 aromatic rings. The van der Waals surface area contributed by atoms with Crippen LogP contribution in [0.1, 0.15) is 0 Å². The molecule has 2 aromatic carbocycles. The van der Waals surface area contributed by atoms with Gasteiger partial charge >= 0.3 is 0 Å². The summed E-state index contributed by atoms with van der Waals surface area (Å²) in [5, 5.41) is 7.34. The number of hydrogen-bond acceptors (Lipinski definition) is 3. The molecule has 3 rings (SSSR count). The van der Waals surface area contributed by atoms with Crippen LogP contribution >= 0.6 is 12.2 Å². The predicted octanol–water partition coefficient (Wildman–Crippen LogP) is 4.25. The summed E-state index contributed by atoms with van der Waals surface area (Å²) in [6.07, 6.45) is 1.56. The molecule has 2 N–H and O–H groups in total. The summed E-state index contributed by atoms with van der Waals surface area (Å²) in [5.74, 6) is -0.352. The molecule has 122 valence electrons. The quantitative estimate of drug-likeness (QED) is 0.698. The van der Waals surface area contributed by atoms with E-state index in [2.05, 4.69) is 15.6 Å². The van der Waals surface area contributed by atoms with Gasteiger partial charge in [-0.15, -0.1) is 0 Å². The minimum Gasteiger partial charge on any atom is -0.378 e. The lowest BCUT2D eigenvalue weighted by Gasteiger charge is -2.15. The fourth-order valence-electron chi connectivity index (χ4n) is 2.38. The number of halogens is 1. The van der Waals surface area contributed by atoms with Gasteiger partial charge in [0.15, 0.2) is 5.11 Å². The van der Waals surface area contributed by atoms with Crippen LogP contribution in [-0.4, -0.2) is 24.2 Å². The second kappa shape index (κ2) is 6.80. The Labute approximate surface area is 145 Å². The second-order valence-corrected chi connectivity index (χ2v) is 5.92. The maximum absolute atomic E-state index is 13.8. The lowest BCUT2D eigenvalue weighted by Crippen LogP contribution is -2.19. The zero-order valence-corrected chi connectivity index (χ0v) is 14.2. The van der Waals surface area contributed by atoms with Crippen LogP contribution in [0.15, 0.2) is 54.7 Å². The van der Waals surface area contributed by atoms with E-state index in [0.29, 0.717) is 21.7 Å². The molecular formula is C18H17FN4S. The molecule has 6 heteroatoms. The van der Waals surface area contributed by atoms with E-state index in [1.807, 2.05) is 49.3 Å².